The summed E-state index contributed by atoms with van der Waals surface area (Å²) in [5.74, 6) is 0.866. The van der Waals surface area contributed by atoms with E-state index in [-0.39, 0.29) is 11.5 Å². The number of anilines is 1. The minimum Gasteiger partial charge on any atom is -0.490 e. The van der Waals surface area contributed by atoms with Crippen LogP contribution >= 0.6 is 0 Å². The summed E-state index contributed by atoms with van der Waals surface area (Å²) < 4.78 is 11.1. The number of nitrogens with zero attached hydrogens (tertiary/aromatic N) is 1. The van der Waals surface area contributed by atoms with Crippen molar-refractivity contribution in [3.8, 4) is 22.8 Å². The van der Waals surface area contributed by atoms with E-state index in [1.807, 2.05) is 26.0 Å². The van der Waals surface area contributed by atoms with Gasteiger partial charge in [-0.3, -0.25) is 9.59 Å². The molecule has 144 valence electrons. The van der Waals surface area contributed by atoms with Gasteiger partial charge in [0.15, 0.2) is 11.5 Å². The van der Waals surface area contributed by atoms with E-state index < -0.39 is 0 Å². The van der Waals surface area contributed by atoms with E-state index in [0.29, 0.717) is 41.7 Å². The van der Waals surface area contributed by atoms with E-state index >= 15 is 0 Å². The van der Waals surface area contributed by atoms with Gasteiger partial charge in [-0.25, -0.2) is 5.10 Å². The van der Waals surface area contributed by atoms with Crippen LogP contribution in [0.4, 0.5) is 5.69 Å². The van der Waals surface area contributed by atoms with E-state index in [0.717, 1.165) is 5.56 Å². The normalized spacial score (nSPS) is 10.4. The molecule has 1 heterocycles. The molecule has 0 saturated carbocycles. The molecule has 3 rings (SSSR count). The zero-order valence-corrected chi connectivity index (χ0v) is 15.7. The monoisotopic (exact) mass is 379 g/mol. The number of ether oxygens (including phenoxy) is 2. The zero-order chi connectivity index (χ0) is 19.9. The molecule has 0 saturated heterocycles. The average Bonchev–Trinajstić information content (AvgIpc) is 2.70. The Balaban J connectivity index is 1.81. The highest BCUT2D eigenvalue weighted by molar-refractivity contribution is 6.04. The van der Waals surface area contributed by atoms with Crippen molar-refractivity contribution in [2.75, 3.05) is 18.5 Å². The summed E-state index contributed by atoms with van der Waals surface area (Å²) in [6.07, 6.45) is 0. The van der Waals surface area contributed by atoms with Gasteiger partial charge >= 0.3 is 0 Å². The summed E-state index contributed by atoms with van der Waals surface area (Å²) in [5.41, 5.74) is 2.18. The lowest BCUT2D eigenvalue weighted by atomic mass is 10.1. The van der Waals surface area contributed by atoms with Crippen LogP contribution in [0, 0.1) is 0 Å². The number of benzene rings is 2. The Morgan fingerprint density at radius 2 is 1.79 bits per heavy atom. The maximum absolute atomic E-state index is 12.7. The van der Waals surface area contributed by atoms with Crippen LogP contribution in [0.15, 0.2) is 59.4 Å². The van der Waals surface area contributed by atoms with Gasteiger partial charge in [-0.1, -0.05) is 12.1 Å². The first-order valence-electron chi connectivity index (χ1n) is 8.98. The van der Waals surface area contributed by atoms with Crippen molar-refractivity contribution >= 4 is 11.6 Å². The van der Waals surface area contributed by atoms with Crippen LogP contribution in [0.3, 0.4) is 0 Å². The van der Waals surface area contributed by atoms with Crippen LogP contribution in [-0.4, -0.2) is 29.3 Å². The molecule has 0 aliphatic rings. The molecule has 0 spiro atoms. The number of carbonyl (C=O) groups is 1. The zero-order valence-electron chi connectivity index (χ0n) is 15.7. The van der Waals surface area contributed by atoms with Crippen LogP contribution in [-0.2, 0) is 0 Å². The molecule has 1 aromatic heterocycles. The van der Waals surface area contributed by atoms with Crippen LogP contribution in [0.5, 0.6) is 11.5 Å². The van der Waals surface area contributed by atoms with Gasteiger partial charge in [-0.15, -0.1) is 0 Å². The molecular formula is C21H21N3O4. The van der Waals surface area contributed by atoms with Crippen LogP contribution in [0.2, 0.25) is 0 Å². The van der Waals surface area contributed by atoms with Gasteiger partial charge in [0.1, 0.15) is 0 Å². The molecule has 28 heavy (non-hydrogen) atoms. The molecule has 0 aliphatic heterocycles. The second-order valence-corrected chi connectivity index (χ2v) is 5.87. The predicted octanol–water partition coefficient (Wildman–Crippen LogP) is 3.49. The van der Waals surface area contributed by atoms with E-state index in [4.69, 9.17) is 9.47 Å². The molecule has 0 fully saturated rings. The molecule has 0 radical (unpaired) electrons. The smallest absolute Gasteiger partial charge is 0.264 e. The van der Waals surface area contributed by atoms with Gasteiger partial charge in [0, 0.05) is 22.9 Å². The maximum Gasteiger partial charge on any atom is 0.264 e. The number of hydrogen-bond acceptors (Lipinski definition) is 5. The van der Waals surface area contributed by atoms with Crippen molar-refractivity contribution in [3.63, 3.8) is 0 Å². The standard InChI is InChI=1S/C21H21N3O4/c1-3-27-18-10-8-15(13-19(18)28-4-2)21(26)22-16-7-5-6-14(12-16)17-9-11-20(25)24-23-17/h5-13H,3-4H2,1-2H3,(H,22,26)(H,24,25). The number of aromatic amines is 1. The summed E-state index contributed by atoms with van der Waals surface area (Å²) in [6.45, 7) is 4.75. The lowest BCUT2D eigenvalue weighted by Crippen LogP contribution is -2.12. The predicted molar refractivity (Wildman–Crippen MR) is 107 cm³/mol. The van der Waals surface area contributed by atoms with Gasteiger partial charge in [0.05, 0.1) is 18.9 Å². The van der Waals surface area contributed by atoms with E-state index in [9.17, 15) is 9.59 Å². The van der Waals surface area contributed by atoms with Crippen molar-refractivity contribution in [2.24, 2.45) is 0 Å². The molecule has 0 unspecified atom stereocenters. The lowest BCUT2D eigenvalue weighted by Gasteiger charge is -2.13. The van der Waals surface area contributed by atoms with Crippen molar-refractivity contribution in [1.29, 1.82) is 0 Å². The highest BCUT2D eigenvalue weighted by atomic mass is 16.5. The Morgan fingerprint density at radius 3 is 2.50 bits per heavy atom. The maximum atomic E-state index is 12.7. The second-order valence-electron chi connectivity index (χ2n) is 5.87. The topological polar surface area (TPSA) is 93.3 Å². The van der Waals surface area contributed by atoms with Crippen LogP contribution in [0.1, 0.15) is 24.2 Å². The number of amides is 1. The Kier molecular flexibility index (Phi) is 6.06. The third-order valence-corrected chi connectivity index (χ3v) is 3.90. The molecule has 2 aromatic carbocycles. The number of rotatable bonds is 7. The first kappa shape index (κ1) is 19.2. The minimum absolute atomic E-state index is 0.268. The molecule has 2 N–H and O–H groups in total. The number of nitrogens with one attached hydrogen (secondary N) is 2. The third-order valence-electron chi connectivity index (χ3n) is 3.90. The largest absolute Gasteiger partial charge is 0.490 e. The molecule has 0 atom stereocenters. The Morgan fingerprint density at radius 1 is 1.00 bits per heavy atom. The first-order chi connectivity index (χ1) is 13.6. The summed E-state index contributed by atoms with van der Waals surface area (Å²) in [4.78, 5) is 23.8. The quantitative estimate of drug-likeness (QED) is 0.655. The number of carbonyl (C=O) groups excluding carboxylic acids is 1. The Labute approximate surface area is 162 Å². The molecule has 0 aliphatic carbocycles. The Hall–Kier alpha value is -3.61. The summed E-state index contributed by atoms with van der Waals surface area (Å²) in [6, 6.07) is 15.3. The SMILES string of the molecule is CCOc1ccc(C(=O)Nc2cccc(-c3ccc(=O)[nH]n3)c2)cc1OCC. The fourth-order valence-electron chi connectivity index (χ4n) is 2.66. The molecule has 3 aromatic rings. The highest BCUT2D eigenvalue weighted by Crippen LogP contribution is 2.29. The van der Waals surface area contributed by atoms with Gasteiger partial charge in [-0.2, -0.15) is 5.10 Å². The number of H-pyrrole nitrogens is 1. The summed E-state index contributed by atoms with van der Waals surface area (Å²) >= 11 is 0. The Bertz CT molecular complexity index is 1010. The minimum atomic E-state index is -0.270. The van der Waals surface area contributed by atoms with Gasteiger partial charge in [-0.05, 0) is 50.2 Å². The molecule has 7 nitrogen and oxygen atoms in total. The fraction of sp³-hybridized carbons (Fsp3) is 0.190. The molecular weight excluding hydrogens is 358 g/mol. The van der Waals surface area contributed by atoms with Crippen molar-refractivity contribution in [1.82, 2.24) is 10.2 Å². The molecule has 1 amide bonds. The van der Waals surface area contributed by atoms with E-state index in [2.05, 4.69) is 15.5 Å². The lowest BCUT2D eigenvalue weighted by molar-refractivity contribution is 0.102. The summed E-state index contributed by atoms with van der Waals surface area (Å²) in [7, 11) is 0. The number of hydrogen-bond donors (Lipinski definition) is 2. The first-order valence-corrected chi connectivity index (χ1v) is 8.98. The van der Waals surface area contributed by atoms with E-state index in [1.54, 1.807) is 36.4 Å². The molecule has 0 bridgehead atoms. The van der Waals surface area contributed by atoms with Crippen molar-refractivity contribution in [2.45, 2.75) is 13.8 Å². The van der Waals surface area contributed by atoms with Crippen LogP contribution < -0.4 is 20.3 Å². The average molecular weight is 379 g/mol. The molecule has 7 heteroatoms. The van der Waals surface area contributed by atoms with Gasteiger partial charge in [0.25, 0.3) is 11.5 Å². The third kappa shape index (κ3) is 4.56. The summed E-state index contributed by atoms with van der Waals surface area (Å²) in [5, 5.41) is 9.27. The number of aromatic nitrogens is 2. The van der Waals surface area contributed by atoms with Gasteiger partial charge < -0.3 is 14.8 Å². The van der Waals surface area contributed by atoms with Crippen LogP contribution in [0.25, 0.3) is 11.3 Å². The highest BCUT2D eigenvalue weighted by Gasteiger charge is 2.12. The van der Waals surface area contributed by atoms with E-state index in [1.165, 1.54) is 6.07 Å². The van der Waals surface area contributed by atoms with Crippen molar-refractivity contribution in [3.05, 3.63) is 70.5 Å². The fourth-order valence-corrected chi connectivity index (χ4v) is 2.66. The van der Waals surface area contributed by atoms with Gasteiger partial charge in [0.2, 0.25) is 0 Å². The second kappa shape index (κ2) is 8.85. The van der Waals surface area contributed by atoms with Crippen molar-refractivity contribution < 1.29 is 14.3 Å².